The molecule has 0 fully saturated rings. The molecule has 0 unspecified atom stereocenters. The van der Waals surface area contributed by atoms with Crippen LogP contribution >= 0.6 is 0 Å². The van der Waals surface area contributed by atoms with Crippen LogP contribution in [0.1, 0.15) is 11.4 Å². The first-order valence-electron chi connectivity index (χ1n) is 4.81. The van der Waals surface area contributed by atoms with Gasteiger partial charge in [-0.15, -0.1) is 5.10 Å². The van der Waals surface area contributed by atoms with Gasteiger partial charge in [0.15, 0.2) is 5.82 Å². The summed E-state index contributed by atoms with van der Waals surface area (Å²) in [5.41, 5.74) is 2.18. The minimum absolute atomic E-state index is 0.654. The van der Waals surface area contributed by atoms with Gasteiger partial charge in [0, 0.05) is 0 Å². The number of nitrogens with one attached hydrogen (secondary N) is 1. The maximum atomic E-state index is 3.98. The average molecular weight is 203 g/mol. The van der Waals surface area contributed by atoms with E-state index < -0.39 is 0 Å². The van der Waals surface area contributed by atoms with Crippen LogP contribution in [0.15, 0.2) is 24.3 Å². The second-order valence-electron chi connectivity index (χ2n) is 3.32. The molecular formula is C10H13N5. The standard InChI is InChI=1S/C10H13N5/c1-8-5-3-4-6-9(8)15-10(7-11-2)12-13-14-15/h3-6,11H,7H2,1-2H3. The summed E-state index contributed by atoms with van der Waals surface area (Å²) in [5.74, 6) is 0.812. The van der Waals surface area contributed by atoms with Gasteiger partial charge in [-0.3, -0.25) is 0 Å². The molecule has 78 valence electrons. The fourth-order valence-electron chi connectivity index (χ4n) is 1.46. The van der Waals surface area contributed by atoms with Crippen LogP contribution < -0.4 is 5.32 Å². The van der Waals surface area contributed by atoms with Crippen molar-refractivity contribution in [3.8, 4) is 5.69 Å². The highest BCUT2D eigenvalue weighted by Gasteiger charge is 2.08. The van der Waals surface area contributed by atoms with Crippen molar-refractivity contribution in [1.29, 1.82) is 0 Å². The van der Waals surface area contributed by atoms with Gasteiger partial charge in [0.25, 0.3) is 0 Å². The molecule has 0 aliphatic rings. The second-order valence-corrected chi connectivity index (χ2v) is 3.32. The van der Waals surface area contributed by atoms with E-state index in [-0.39, 0.29) is 0 Å². The third-order valence-electron chi connectivity index (χ3n) is 2.21. The van der Waals surface area contributed by atoms with Gasteiger partial charge in [-0.1, -0.05) is 18.2 Å². The molecule has 0 aliphatic carbocycles. The third kappa shape index (κ3) is 1.87. The molecule has 0 amide bonds. The van der Waals surface area contributed by atoms with Gasteiger partial charge in [0.2, 0.25) is 0 Å². The zero-order valence-electron chi connectivity index (χ0n) is 8.81. The molecule has 1 N–H and O–H groups in total. The van der Waals surface area contributed by atoms with Gasteiger partial charge >= 0.3 is 0 Å². The summed E-state index contributed by atoms with van der Waals surface area (Å²) >= 11 is 0. The van der Waals surface area contributed by atoms with Crippen LogP contribution in [-0.4, -0.2) is 27.3 Å². The molecule has 0 radical (unpaired) electrons. The minimum Gasteiger partial charge on any atom is -0.313 e. The molecule has 0 aliphatic heterocycles. The number of aromatic nitrogens is 4. The monoisotopic (exact) mass is 203 g/mol. The Morgan fingerprint density at radius 3 is 2.87 bits per heavy atom. The predicted molar refractivity (Wildman–Crippen MR) is 56.7 cm³/mol. The molecule has 0 saturated carbocycles. The van der Waals surface area contributed by atoms with Gasteiger partial charge < -0.3 is 5.32 Å². The van der Waals surface area contributed by atoms with Gasteiger partial charge in [-0.25, -0.2) is 0 Å². The van der Waals surface area contributed by atoms with Crippen LogP contribution in [0.25, 0.3) is 5.69 Å². The number of benzene rings is 1. The number of para-hydroxylation sites is 1. The van der Waals surface area contributed by atoms with Crippen molar-refractivity contribution in [2.45, 2.75) is 13.5 Å². The summed E-state index contributed by atoms with van der Waals surface area (Å²) in [7, 11) is 1.87. The van der Waals surface area contributed by atoms with Crippen molar-refractivity contribution in [3.63, 3.8) is 0 Å². The second kappa shape index (κ2) is 4.18. The summed E-state index contributed by atoms with van der Waals surface area (Å²) in [5, 5.41) is 14.7. The average Bonchev–Trinajstić information content (AvgIpc) is 2.67. The van der Waals surface area contributed by atoms with Crippen LogP contribution in [0.5, 0.6) is 0 Å². The Kier molecular flexibility index (Phi) is 2.73. The van der Waals surface area contributed by atoms with Crippen molar-refractivity contribution < 1.29 is 0 Å². The Balaban J connectivity index is 2.45. The molecule has 1 aromatic heterocycles. The van der Waals surface area contributed by atoms with E-state index in [0.29, 0.717) is 6.54 Å². The van der Waals surface area contributed by atoms with Crippen molar-refractivity contribution in [2.24, 2.45) is 0 Å². The van der Waals surface area contributed by atoms with E-state index in [1.165, 1.54) is 0 Å². The van der Waals surface area contributed by atoms with E-state index in [1.807, 2.05) is 38.2 Å². The van der Waals surface area contributed by atoms with Crippen molar-refractivity contribution in [1.82, 2.24) is 25.5 Å². The minimum atomic E-state index is 0.654. The highest BCUT2D eigenvalue weighted by molar-refractivity contribution is 5.39. The lowest BCUT2D eigenvalue weighted by Crippen LogP contribution is -2.12. The van der Waals surface area contributed by atoms with E-state index in [0.717, 1.165) is 17.1 Å². The van der Waals surface area contributed by atoms with Crippen molar-refractivity contribution in [2.75, 3.05) is 7.05 Å². The van der Waals surface area contributed by atoms with E-state index >= 15 is 0 Å². The summed E-state index contributed by atoms with van der Waals surface area (Å²) in [6, 6.07) is 8.03. The highest BCUT2D eigenvalue weighted by atomic mass is 15.5. The molecule has 0 saturated heterocycles. The van der Waals surface area contributed by atoms with Gasteiger partial charge in [-0.05, 0) is 36.0 Å². The lowest BCUT2D eigenvalue weighted by molar-refractivity contribution is 0.707. The van der Waals surface area contributed by atoms with Crippen LogP contribution in [0.2, 0.25) is 0 Å². The molecule has 5 heteroatoms. The Hall–Kier alpha value is -1.75. The molecule has 0 spiro atoms. The molecule has 1 heterocycles. The van der Waals surface area contributed by atoms with E-state index in [9.17, 15) is 0 Å². The maximum Gasteiger partial charge on any atom is 0.170 e. The van der Waals surface area contributed by atoms with E-state index in [1.54, 1.807) is 4.68 Å². The maximum absolute atomic E-state index is 3.98. The molecule has 0 atom stereocenters. The first-order valence-corrected chi connectivity index (χ1v) is 4.81. The molecule has 5 nitrogen and oxygen atoms in total. The lowest BCUT2D eigenvalue weighted by Gasteiger charge is -2.06. The summed E-state index contributed by atoms with van der Waals surface area (Å²) in [6.45, 7) is 2.70. The number of hydrogen-bond donors (Lipinski definition) is 1. The zero-order chi connectivity index (χ0) is 10.7. The number of hydrogen-bond acceptors (Lipinski definition) is 4. The van der Waals surface area contributed by atoms with Gasteiger partial charge in [0.1, 0.15) is 0 Å². The molecule has 1 aromatic carbocycles. The quantitative estimate of drug-likeness (QED) is 0.797. The van der Waals surface area contributed by atoms with Crippen LogP contribution in [-0.2, 0) is 6.54 Å². The smallest absolute Gasteiger partial charge is 0.170 e. The van der Waals surface area contributed by atoms with E-state index in [2.05, 4.69) is 20.8 Å². The molecular weight excluding hydrogens is 190 g/mol. The number of tetrazole rings is 1. The topological polar surface area (TPSA) is 55.6 Å². The van der Waals surface area contributed by atoms with Crippen LogP contribution in [0.3, 0.4) is 0 Å². The number of aryl methyl sites for hydroxylation is 1. The first-order chi connectivity index (χ1) is 7.33. The SMILES string of the molecule is CNCc1nnnn1-c1ccccc1C. The summed E-state index contributed by atoms with van der Waals surface area (Å²) in [6.07, 6.45) is 0. The third-order valence-corrected chi connectivity index (χ3v) is 2.21. The number of nitrogens with zero attached hydrogens (tertiary/aromatic N) is 4. The molecule has 0 bridgehead atoms. The zero-order valence-corrected chi connectivity index (χ0v) is 8.81. The van der Waals surface area contributed by atoms with Crippen LogP contribution in [0.4, 0.5) is 0 Å². The van der Waals surface area contributed by atoms with Crippen molar-refractivity contribution >= 4 is 0 Å². The van der Waals surface area contributed by atoms with Gasteiger partial charge in [-0.2, -0.15) is 4.68 Å². The summed E-state index contributed by atoms with van der Waals surface area (Å²) < 4.78 is 1.76. The molecule has 15 heavy (non-hydrogen) atoms. The highest BCUT2D eigenvalue weighted by Crippen LogP contribution is 2.12. The summed E-state index contributed by atoms with van der Waals surface area (Å²) in [4.78, 5) is 0. The van der Waals surface area contributed by atoms with E-state index in [4.69, 9.17) is 0 Å². The number of rotatable bonds is 3. The molecule has 2 rings (SSSR count). The fourth-order valence-corrected chi connectivity index (χ4v) is 1.46. The Morgan fingerprint density at radius 1 is 1.33 bits per heavy atom. The lowest BCUT2D eigenvalue weighted by atomic mass is 10.2. The first kappa shape index (κ1) is 9.79. The predicted octanol–water partition coefficient (Wildman–Crippen LogP) is 0.690. The van der Waals surface area contributed by atoms with Gasteiger partial charge in [0.05, 0.1) is 12.2 Å². The van der Waals surface area contributed by atoms with Crippen molar-refractivity contribution in [3.05, 3.63) is 35.7 Å². The van der Waals surface area contributed by atoms with Crippen LogP contribution in [0, 0.1) is 6.92 Å². The Labute approximate surface area is 88.1 Å². The Morgan fingerprint density at radius 2 is 2.13 bits per heavy atom. The fraction of sp³-hybridized carbons (Fsp3) is 0.300. The normalized spacial score (nSPS) is 10.5. The Bertz CT molecular complexity index is 449. The largest absolute Gasteiger partial charge is 0.313 e. The molecule has 2 aromatic rings.